The monoisotopic (exact) mass is 326 g/mol. The number of hydrogen-bond acceptors (Lipinski definition) is 6. The number of aryl methyl sites for hydroxylation is 1. The topological polar surface area (TPSA) is 85.4 Å². The number of sulfonamides is 1. The molecule has 2 aromatic rings. The summed E-state index contributed by atoms with van der Waals surface area (Å²) in [7, 11) is -3.74. The van der Waals surface area contributed by atoms with Crippen LogP contribution in [0.4, 0.5) is 0 Å². The lowest BCUT2D eigenvalue weighted by molar-refractivity contribution is 0.0985. The fourth-order valence-electron chi connectivity index (χ4n) is 1.49. The van der Waals surface area contributed by atoms with E-state index in [0.717, 1.165) is 11.3 Å². The molecule has 0 spiro atoms. The van der Waals surface area contributed by atoms with E-state index in [0.29, 0.717) is 10.8 Å². The van der Waals surface area contributed by atoms with E-state index in [9.17, 15) is 13.2 Å². The molecule has 0 aliphatic heterocycles. The van der Waals surface area contributed by atoms with Gasteiger partial charge in [0, 0.05) is 0 Å². The number of carbonyl (C=O) groups excluding carboxylic acids is 1. The summed E-state index contributed by atoms with van der Waals surface area (Å²) in [5.41, 5.74) is 0. The number of benzene rings is 1. The van der Waals surface area contributed by atoms with Crippen molar-refractivity contribution in [3.63, 3.8) is 0 Å². The number of hydrogen-bond donors (Lipinski definition) is 1. The van der Waals surface area contributed by atoms with Crippen LogP contribution in [-0.4, -0.2) is 31.7 Å². The first-order valence-electron chi connectivity index (χ1n) is 6.11. The number of para-hydroxylation sites is 1. The number of nitrogens with zero attached hydrogens (tertiary/aromatic N) is 1. The van der Waals surface area contributed by atoms with Crippen molar-refractivity contribution < 1.29 is 17.9 Å². The molecule has 0 aliphatic carbocycles. The fourth-order valence-corrected chi connectivity index (χ4v) is 3.03. The quantitative estimate of drug-likeness (QED) is 0.871. The van der Waals surface area contributed by atoms with Crippen LogP contribution in [0.2, 0.25) is 0 Å². The van der Waals surface area contributed by atoms with Gasteiger partial charge in [0.2, 0.25) is 10.0 Å². The number of ether oxygens (including phenoxy) is 1. The van der Waals surface area contributed by atoms with Crippen LogP contribution in [0.3, 0.4) is 0 Å². The molecular formula is C13H14N2O4S2. The summed E-state index contributed by atoms with van der Waals surface area (Å²) >= 11 is 1.14. The molecule has 112 valence electrons. The normalized spacial score (nSPS) is 11.1. The molecule has 2 rings (SSSR count). The molecule has 6 nitrogen and oxygen atoms in total. The molecule has 0 fully saturated rings. The number of rotatable bonds is 6. The van der Waals surface area contributed by atoms with E-state index in [4.69, 9.17) is 4.74 Å². The molecule has 0 aliphatic rings. The van der Waals surface area contributed by atoms with Crippen molar-refractivity contribution in [3.8, 4) is 5.75 Å². The van der Waals surface area contributed by atoms with Crippen molar-refractivity contribution in [3.05, 3.63) is 46.4 Å². The minimum absolute atomic E-state index is 0.0334. The highest BCUT2D eigenvalue weighted by Gasteiger charge is 2.17. The number of amides is 1. The molecule has 0 atom stereocenters. The van der Waals surface area contributed by atoms with E-state index in [1.54, 1.807) is 31.2 Å². The Morgan fingerprint density at radius 1 is 1.33 bits per heavy atom. The Morgan fingerprint density at radius 2 is 2.05 bits per heavy atom. The van der Waals surface area contributed by atoms with Gasteiger partial charge in [0.15, 0.2) is 0 Å². The van der Waals surface area contributed by atoms with Crippen LogP contribution in [0.1, 0.15) is 14.7 Å². The van der Waals surface area contributed by atoms with Gasteiger partial charge < -0.3 is 4.74 Å². The van der Waals surface area contributed by atoms with Gasteiger partial charge in [-0.3, -0.25) is 4.79 Å². The van der Waals surface area contributed by atoms with Gasteiger partial charge in [-0.2, -0.15) is 0 Å². The maximum absolute atomic E-state index is 11.8. The zero-order chi connectivity index (χ0) is 15.3. The smallest absolute Gasteiger partial charge is 0.276 e. The van der Waals surface area contributed by atoms with Crippen molar-refractivity contribution in [2.24, 2.45) is 0 Å². The van der Waals surface area contributed by atoms with Gasteiger partial charge in [-0.05, 0) is 19.1 Å². The van der Waals surface area contributed by atoms with Crippen LogP contribution < -0.4 is 9.46 Å². The SMILES string of the molecule is Cc1ncc(C(=O)NS(=O)(=O)CCOc2ccccc2)s1. The number of aromatic nitrogens is 1. The van der Waals surface area contributed by atoms with Crippen LogP contribution in [0.5, 0.6) is 5.75 Å². The first kappa shape index (κ1) is 15.5. The van der Waals surface area contributed by atoms with E-state index in [2.05, 4.69) is 4.98 Å². The van der Waals surface area contributed by atoms with E-state index >= 15 is 0 Å². The van der Waals surface area contributed by atoms with Gasteiger partial charge in [-0.15, -0.1) is 11.3 Å². The molecule has 1 amide bonds. The predicted molar refractivity (Wildman–Crippen MR) is 80.0 cm³/mol. The Morgan fingerprint density at radius 3 is 2.67 bits per heavy atom. The van der Waals surface area contributed by atoms with Gasteiger partial charge in [0.1, 0.15) is 23.0 Å². The Kier molecular flexibility index (Phi) is 4.92. The number of nitrogens with one attached hydrogen (secondary N) is 1. The average molecular weight is 326 g/mol. The Balaban J connectivity index is 1.86. The van der Waals surface area contributed by atoms with Crippen LogP contribution in [0.25, 0.3) is 0 Å². The average Bonchev–Trinajstić information content (AvgIpc) is 2.86. The summed E-state index contributed by atoms with van der Waals surface area (Å²) in [5, 5.41) is 0.699. The van der Waals surface area contributed by atoms with Gasteiger partial charge in [0.05, 0.1) is 11.2 Å². The minimum Gasteiger partial charge on any atom is -0.492 e. The Hall–Kier alpha value is -1.93. The molecule has 1 N–H and O–H groups in total. The first-order valence-corrected chi connectivity index (χ1v) is 8.58. The number of carbonyl (C=O) groups is 1. The summed E-state index contributed by atoms with van der Waals surface area (Å²) in [6.45, 7) is 1.71. The van der Waals surface area contributed by atoms with Gasteiger partial charge in [0.25, 0.3) is 5.91 Å². The molecule has 8 heteroatoms. The van der Waals surface area contributed by atoms with Gasteiger partial charge in [-0.25, -0.2) is 18.1 Å². The lowest BCUT2D eigenvalue weighted by atomic mass is 10.3. The number of thiazole rings is 1. The predicted octanol–water partition coefficient (Wildman–Crippen LogP) is 1.59. The molecule has 1 heterocycles. The van der Waals surface area contributed by atoms with Crippen LogP contribution >= 0.6 is 11.3 Å². The second-order valence-corrected chi connectivity index (χ2v) is 7.23. The molecule has 1 aromatic heterocycles. The molecule has 0 bridgehead atoms. The fraction of sp³-hybridized carbons (Fsp3) is 0.231. The summed E-state index contributed by atoms with van der Waals surface area (Å²) in [6, 6.07) is 8.87. The van der Waals surface area contributed by atoms with Crippen LogP contribution in [0, 0.1) is 6.92 Å². The van der Waals surface area contributed by atoms with Crippen LogP contribution in [-0.2, 0) is 10.0 Å². The Bertz CT molecular complexity index is 711. The molecule has 0 radical (unpaired) electrons. The molecule has 0 saturated carbocycles. The summed E-state index contributed by atoms with van der Waals surface area (Å²) in [4.78, 5) is 15.9. The highest BCUT2D eigenvalue weighted by molar-refractivity contribution is 7.90. The summed E-state index contributed by atoms with van der Waals surface area (Å²) < 4.78 is 30.9. The maximum atomic E-state index is 11.8. The zero-order valence-electron chi connectivity index (χ0n) is 11.3. The standard InChI is InChI=1S/C13H14N2O4S2/c1-10-14-9-12(20-10)13(16)15-21(17,18)8-7-19-11-5-3-2-4-6-11/h2-6,9H,7-8H2,1H3,(H,15,16). The van der Waals surface area contributed by atoms with Crippen molar-refractivity contribution >= 4 is 27.3 Å². The Labute approximate surface area is 126 Å². The lowest BCUT2D eigenvalue weighted by Crippen LogP contribution is -2.33. The van der Waals surface area contributed by atoms with Crippen molar-refractivity contribution in [1.82, 2.24) is 9.71 Å². The third-order valence-electron chi connectivity index (χ3n) is 2.46. The molecule has 1 aromatic carbocycles. The third kappa shape index (κ3) is 4.83. The lowest BCUT2D eigenvalue weighted by Gasteiger charge is -2.07. The maximum Gasteiger partial charge on any atom is 0.276 e. The summed E-state index contributed by atoms with van der Waals surface area (Å²) in [6.07, 6.45) is 1.35. The highest BCUT2D eigenvalue weighted by atomic mass is 32.2. The van der Waals surface area contributed by atoms with Crippen LogP contribution in [0.15, 0.2) is 36.5 Å². The second-order valence-electron chi connectivity index (χ2n) is 4.16. The molecule has 0 saturated heterocycles. The third-order valence-corrected chi connectivity index (χ3v) is 4.57. The second kappa shape index (κ2) is 6.68. The van der Waals surface area contributed by atoms with Crippen molar-refractivity contribution in [1.29, 1.82) is 0 Å². The van der Waals surface area contributed by atoms with Crippen molar-refractivity contribution in [2.75, 3.05) is 12.4 Å². The van der Waals surface area contributed by atoms with Crippen molar-refractivity contribution in [2.45, 2.75) is 6.92 Å². The minimum atomic E-state index is -3.74. The molecule has 21 heavy (non-hydrogen) atoms. The largest absolute Gasteiger partial charge is 0.492 e. The first-order chi connectivity index (χ1) is 9.96. The summed E-state index contributed by atoms with van der Waals surface area (Å²) in [5.74, 6) is -0.386. The molecular weight excluding hydrogens is 312 g/mol. The van der Waals surface area contributed by atoms with Gasteiger partial charge in [-0.1, -0.05) is 18.2 Å². The van der Waals surface area contributed by atoms with E-state index in [1.165, 1.54) is 6.20 Å². The molecule has 0 unspecified atom stereocenters. The van der Waals surface area contributed by atoms with E-state index in [1.807, 2.05) is 10.8 Å². The highest BCUT2D eigenvalue weighted by Crippen LogP contribution is 2.11. The van der Waals surface area contributed by atoms with E-state index in [-0.39, 0.29) is 17.2 Å². The zero-order valence-corrected chi connectivity index (χ0v) is 12.9. The van der Waals surface area contributed by atoms with Gasteiger partial charge >= 0.3 is 0 Å². The van der Waals surface area contributed by atoms with E-state index < -0.39 is 15.9 Å².